The van der Waals surface area contributed by atoms with E-state index in [0.717, 1.165) is 12.0 Å². The highest BCUT2D eigenvalue weighted by Crippen LogP contribution is 2.63. The third-order valence-electron chi connectivity index (χ3n) is 5.00. The van der Waals surface area contributed by atoms with E-state index in [1.165, 1.54) is 32.2 Å². The van der Waals surface area contributed by atoms with Gasteiger partial charge < -0.3 is 0 Å². The van der Waals surface area contributed by atoms with Crippen LogP contribution < -0.4 is 0 Å². The average molecular weight is 179 g/mol. The first kappa shape index (κ1) is 8.28. The van der Waals surface area contributed by atoms with Crippen molar-refractivity contribution in [2.24, 2.45) is 11.3 Å². The molecule has 1 nitrogen and oxygen atoms in total. The molecule has 3 aliphatic heterocycles. The van der Waals surface area contributed by atoms with Crippen molar-refractivity contribution < 1.29 is 0 Å². The molecule has 2 bridgehead atoms. The molecule has 0 radical (unpaired) electrons. The lowest BCUT2D eigenvalue weighted by molar-refractivity contribution is 0.0565. The molecule has 0 aromatic carbocycles. The zero-order chi connectivity index (χ0) is 9.27. The predicted octanol–water partition coefficient (Wildman–Crippen LogP) is 2.66. The van der Waals surface area contributed by atoms with Crippen LogP contribution in [0.25, 0.3) is 0 Å². The van der Waals surface area contributed by atoms with Crippen molar-refractivity contribution in [3.63, 3.8) is 0 Å². The normalized spacial score (nSPS) is 49.2. The molecule has 4 fully saturated rings. The van der Waals surface area contributed by atoms with E-state index < -0.39 is 0 Å². The maximum atomic E-state index is 2.86. The Kier molecular flexibility index (Phi) is 1.36. The summed E-state index contributed by atoms with van der Waals surface area (Å²) >= 11 is 0. The van der Waals surface area contributed by atoms with Gasteiger partial charge in [-0.1, -0.05) is 20.8 Å². The van der Waals surface area contributed by atoms with Gasteiger partial charge >= 0.3 is 0 Å². The zero-order valence-electron chi connectivity index (χ0n) is 9.14. The van der Waals surface area contributed by atoms with Gasteiger partial charge in [0.2, 0.25) is 0 Å². The van der Waals surface area contributed by atoms with Crippen LogP contribution in [0.3, 0.4) is 0 Å². The topological polar surface area (TPSA) is 3.24 Å². The van der Waals surface area contributed by atoms with E-state index >= 15 is 0 Å². The Morgan fingerprint density at radius 2 is 1.92 bits per heavy atom. The van der Waals surface area contributed by atoms with Crippen molar-refractivity contribution in [2.75, 3.05) is 6.54 Å². The first-order chi connectivity index (χ1) is 6.06. The molecular weight excluding hydrogens is 158 g/mol. The number of nitrogens with zero attached hydrogens (tertiary/aromatic N) is 1. The number of hydrogen-bond donors (Lipinski definition) is 0. The Labute approximate surface area is 81.5 Å². The van der Waals surface area contributed by atoms with Crippen LogP contribution in [-0.4, -0.2) is 23.0 Å². The Bertz CT molecular complexity index is 234. The van der Waals surface area contributed by atoms with Gasteiger partial charge in [0.15, 0.2) is 0 Å². The summed E-state index contributed by atoms with van der Waals surface area (Å²) in [5, 5.41) is 0. The molecule has 74 valence electrons. The molecule has 1 unspecified atom stereocenters. The van der Waals surface area contributed by atoms with Gasteiger partial charge in [-0.25, -0.2) is 0 Å². The Morgan fingerprint density at radius 3 is 2.46 bits per heavy atom. The highest BCUT2D eigenvalue weighted by molar-refractivity contribution is 5.20. The third kappa shape index (κ3) is 0.743. The molecule has 13 heavy (non-hydrogen) atoms. The fraction of sp³-hybridized carbons (Fsp3) is 1.00. The molecule has 3 saturated heterocycles. The fourth-order valence-electron chi connectivity index (χ4n) is 4.46. The van der Waals surface area contributed by atoms with E-state index in [0.29, 0.717) is 11.0 Å². The molecule has 0 N–H and O–H groups in total. The largest absolute Gasteiger partial charge is 0.294 e. The van der Waals surface area contributed by atoms with Gasteiger partial charge in [0.1, 0.15) is 0 Å². The molecular formula is C12H21N. The lowest BCUT2D eigenvalue weighted by atomic mass is 9.63. The summed E-state index contributed by atoms with van der Waals surface area (Å²) in [4.78, 5) is 2.86. The standard InChI is InChI=1S/C12H21N/c1-11(2,3)12-5-4-6-13(12)10-7-9(12)8-10/h9-10H,4-8H2,1-3H3. The van der Waals surface area contributed by atoms with Gasteiger partial charge in [-0.3, -0.25) is 4.90 Å². The lowest BCUT2D eigenvalue weighted by Gasteiger charge is -2.45. The molecule has 3 heterocycles. The summed E-state index contributed by atoms with van der Waals surface area (Å²) in [5.74, 6) is 1.04. The summed E-state index contributed by atoms with van der Waals surface area (Å²) in [6.45, 7) is 8.74. The SMILES string of the molecule is CC(C)(C)C12CCCN1C1CC2C1. The van der Waals surface area contributed by atoms with Crippen molar-refractivity contribution in [3.05, 3.63) is 0 Å². The first-order valence-electron chi connectivity index (χ1n) is 5.82. The molecule has 1 heteroatoms. The van der Waals surface area contributed by atoms with E-state index in [4.69, 9.17) is 0 Å². The van der Waals surface area contributed by atoms with E-state index in [1.54, 1.807) is 0 Å². The van der Waals surface area contributed by atoms with Crippen molar-refractivity contribution in [3.8, 4) is 0 Å². The minimum Gasteiger partial charge on any atom is -0.294 e. The molecule has 1 aliphatic carbocycles. The Morgan fingerprint density at radius 1 is 1.23 bits per heavy atom. The third-order valence-corrected chi connectivity index (χ3v) is 5.00. The number of rotatable bonds is 0. The van der Waals surface area contributed by atoms with E-state index in [-0.39, 0.29) is 0 Å². The van der Waals surface area contributed by atoms with Crippen molar-refractivity contribution in [1.29, 1.82) is 0 Å². The Hall–Kier alpha value is -0.0400. The smallest absolute Gasteiger partial charge is 0.0290 e. The average Bonchev–Trinajstić information content (AvgIpc) is 2.35. The maximum absolute atomic E-state index is 2.86. The van der Waals surface area contributed by atoms with Gasteiger partial charge in [-0.05, 0) is 43.6 Å². The maximum Gasteiger partial charge on any atom is 0.0290 e. The van der Waals surface area contributed by atoms with E-state index in [1.807, 2.05) is 0 Å². The predicted molar refractivity (Wildman–Crippen MR) is 54.6 cm³/mol. The highest BCUT2D eigenvalue weighted by atomic mass is 15.3. The van der Waals surface area contributed by atoms with Crippen molar-refractivity contribution in [2.45, 2.75) is 58.0 Å². The molecule has 0 aromatic heterocycles. The van der Waals surface area contributed by atoms with Crippen LogP contribution in [0.5, 0.6) is 0 Å². The van der Waals surface area contributed by atoms with Gasteiger partial charge in [0.25, 0.3) is 0 Å². The van der Waals surface area contributed by atoms with Crippen molar-refractivity contribution >= 4 is 0 Å². The van der Waals surface area contributed by atoms with Crippen LogP contribution in [0.4, 0.5) is 0 Å². The van der Waals surface area contributed by atoms with Gasteiger partial charge in [0, 0.05) is 11.6 Å². The molecule has 1 atom stereocenters. The van der Waals surface area contributed by atoms with Crippen LogP contribution >= 0.6 is 0 Å². The second-order valence-corrected chi connectivity index (χ2v) is 6.29. The van der Waals surface area contributed by atoms with Crippen LogP contribution in [0.15, 0.2) is 0 Å². The minimum atomic E-state index is 0.499. The molecule has 1 saturated carbocycles. The van der Waals surface area contributed by atoms with Gasteiger partial charge in [-0.2, -0.15) is 0 Å². The number of hydrogen-bond acceptors (Lipinski definition) is 1. The molecule has 0 amide bonds. The highest BCUT2D eigenvalue weighted by Gasteiger charge is 2.66. The zero-order valence-corrected chi connectivity index (χ0v) is 9.14. The fourth-order valence-corrected chi connectivity index (χ4v) is 4.46. The second kappa shape index (κ2) is 2.13. The summed E-state index contributed by atoms with van der Waals surface area (Å²) < 4.78 is 0. The van der Waals surface area contributed by atoms with Crippen LogP contribution in [0.2, 0.25) is 0 Å². The van der Waals surface area contributed by atoms with Crippen LogP contribution in [0.1, 0.15) is 46.5 Å². The quantitative estimate of drug-likeness (QED) is 0.552. The summed E-state index contributed by atoms with van der Waals surface area (Å²) in [7, 11) is 0. The van der Waals surface area contributed by atoms with Crippen LogP contribution in [0, 0.1) is 11.3 Å². The first-order valence-corrected chi connectivity index (χ1v) is 5.82. The van der Waals surface area contributed by atoms with E-state index in [2.05, 4.69) is 25.7 Å². The molecule has 4 aliphatic rings. The summed E-state index contributed by atoms with van der Waals surface area (Å²) in [6.07, 6.45) is 5.94. The van der Waals surface area contributed by atoms with Gasteiger partial charge in [0.05, 0.1) is 0 Å². The summed E-state index contributed by atoms with van der Waals surface area (Å²) in [6, 6.07) is 0.978. The molecule has 0 aromatic rings. The minimum absolute atomic E-state index is 0.499. The molecule has 0 spiro atoms. The van der Waals surface area contributed by atoms with E-state index in [9.17, 15) is 0 Å². The summed E-state index contributed by atoms with van der Waals surface area (Å²) in [5.41, 5.74) is 1.11. The molecule has 4 rings (SSSR count). The monoisotopic (exact) mass is 179 g/mol. The van der Waals surface area contributed by atoms with Crippen LogP contribution in [-0.2, 0) is 0 Å². The van der Waals surface area contributed by atoms with Gasteiger partial charge in [-0.15, -0.1) is 0 Å². The van der Waals surface area contributed by atoms with Crippen molar-refractivity contribution in [1.82, 2.24) is 4.90 Å². The second-order valence-electron chi connectivity index (χ2n) is 6.29. The Balaban J connectivity index is 2.04. The lowest BCUT2D eigenvalue weighted by Crippen LogP contribution is -2.50.